The van der Waals surface area contributed by atoms with Crippen molar-refractivity contribution in [2.75, 3.05) is 13.2 Å². The molecule has 98 valence electrons. The van der Waals surface area contributed by atoms with Gasteiger partial charge < -0.3 is 9.47 Å². The van der Waals surface area contributed by atoms with Crippen LogP contribution < -0.4 is 4.74 Å². The van der Waals surface area contributed by atoms with E-state index in [-0.39, 0.29) is 6.10 Å². The van der Waals surface area contributed by atoms with Crippen molar-refractivity contribution in [2.24, 2.45) is 7.05 Å². The third kappa shape index (κ3) is 2.82. The van der Waals surface area contributed by atoms with E-state index in [0.29, 0.717) is 13.2 Å². The summed E-state index contributed by atoms with van der Waals surface area (Å²) in [6.07, 6.45) is 2.25. The number of ether oxygens (including phenoxy) is 2. The zero-order valence-corrected chi connectivity index (χ0v) is 11.4. The lowest BCUT2D eigenvalue weighted by atomic mass is 10.1. The van der Waals surface area contributed by atoms with Gasteiger partial charge in [0.05, 0.1) is 12.7 Å². The Balaban J connectivity index is 2.11. The van der Waals surface area contributed by atoms with Crippen LogP contribution in [0.3, 0.4) is 0 Å². The first kappa shape index (κ1) is 12.9. The summed E-state index contributed by atoms with van der Waals surface area (Å²) in [7, 11) is 1.92. The molecule has 0 atom stereocenters. The fraction of sp³-hybridized carbons (Fsp3) is 0.500. The van der Waals surface area contributed by atoms with Crippen molar-refractivity contribution in [2.45, 2.75) is 26.9 Å². The molecule has 0 spiro atoms. The van der Waals surface area contributed by atoms with E-state index in [1.165, 1.54) is 5.56 Å². The molecule has 1 aromatic carbocycles. The lowest BCUT2D eigenvalue weighted by Crippen LogP contribution is -2.11. The SMILES string of the molecule is Cc1ccc(OCCOC(C)C)c2nn(C)cc12. The van der Waals surface area contributed by atoms with Crippen LogP contribution in [0.2, 0.25) is 0 Å². The van der Waals surface area contributed by atoms with Crippen molar-refractivity contribution >= 4 is 10.9 Å². The fourth-order valence-electron chi connectivity index (χ4n) is 1.88. The average Bonchev–Trinajstić information content (AvgIpc) is 2.69. The first-order valence-electron chi connectivity index (χ1n) is 6.25. The standard InChI is InChI=1S/C14H20N2O2/c1-10(2)17-7-8-18-13-6-5-11(3)12-9-16(4)15-14(12)13/h5-6,9-10H,7-8H2,1-4H3. The molecule has 0 aliphatic heterocycles. The van der Waals surface area contributed by atoms with E-state index in [9.17, 15) is 0 Å². The van der Waals surface area contributed by atoms with E-state index < -0.39 is 0 Å². The van der Waals surface area contributed by atoms with Crippen LogP contribution in [0, 0.1) is 6.92 Å². The van der Waals surface area contributed by atoms with Crippen LogP contribution in [0.4, 0.5) is 0 Å². The van der Waals surface area contributed by atoms with Crippen molar-refractivity contribution in [3.05, 3.63) is 23.9 Å². The van der Waals surface area contributed by atoms with Gasteiger partial charge in [-0.15, -0.1) is 0 Å². The summed E-state index contributed by atoms with van der Waals surface area (Å²) in [6, 6.07) is 4.03. The Morgan fingerprint density at radius 3 is 2.78 bits per heavy atom. The zero-order chi connectivity index (χ0) is 13.1. The molecule has 0 N–H and O–H groups in total. The second kappa shape index (κ2) is 5.40. The molecule has 2 aromatic rings. The van der Waals surface area contributed by atoms with Gasteiger partial charge in [-0.05, 0) is 32.4 Å². The minimum Gasteiger partial charge on any atom is -0.489 e. The monoisotopic (exact) mass is 248 g/mol. The number of aryl methyl sites for hydroxylation is 2. The lowest BCUT2D eigenvalue weighted by molar-refractivity contribution is 0.0555. The van der Waals surface area contributed by atoms with Gasteiger partial charge in [-0.3, -0.25) is 4.68 Å². The number of hydrogen-bond acceptors (Lipinski definition) is 3. The van der Waals surface area contributed by atoms with Crippen molar-refractivity contribution in [1.29, 1.82) is 0 Å². The highest BCUT2D eigenvalue weighted by Crippen LogP contribution is 2.26. The lowest BCUT2D eigenvalue weighted by Gasteiger charge is -2.10. The maximum absolute atomic E-state index is 5.74. The molecule has 0 aliphatic carbocycles. The summed E-state index contributed by atoms with van der Waals surface area (Å²) in [5.41, 5.74) is 2.13. The van der Waals surface area contributed by atoms with Gasteiger partial charge in [-0.2, -0.15) is 5.10 Å². The number of rotatable bonds is 5. The van der Waals surface area contributed by atoms with Crippen LogP contribution in [0.15, 0.2) is 18.3 Å². The second-order valence-electron chi connectivity index (χ2n) is 4.71. The number of aromatic nitrogens is 2. The molecule has 1 aromatic heterocycles. The van der Waals surface area contributed by atoms with Gasteiger partial charge in [-0.25, -0.2) is 0 Å². The van der Waals surface area contributed by atoms with E-state index >= 15 is 0 Å². The highest BCUT2D eigenvalue weighted by molar-refractivity contribution is 5.87. The van der Waals surface area contributed by atoms with Crippen LogP contribution in [-0.4, -0.2) is 29.1 Å². The third-order valence-electron chi connectivity index (χ3n) is 2.76. The maximum Gasteiger partial charge on any atom is 0.147 e. The Morgan fingerprint density at radius 1 is 1.28 bits per heavy atom. The number of nitrogens with zero attached hydrogens (tertiary/aromatic N) is 2. The van der Waals surface area contributed by atoms with Crippen molar-refractivity contribution in [3.63, 3.8) is 0 Å². The summed E-state index contributed by atoms with van der Waals surface area (Å²) in [5, 5.41) is 5.58. The molecule has 0 bridgehead atoms. The quantitative estimate of drug-likeness (QED) is 0.763. The fourth-order valence-corrected chi connectivity index (χ4v) is 1.88. The van der Waals surface area contributed by atoms with E-state index in [4.69, 9.17) is 9.47 Å². The predicted octanol–water partition coefficient (Wildman–Crippen LogP) is 2.69. The molecule has 4 heteroatoms. The van der Waals surface area contributed by atoms with Gasteiger partial charge >= 0.3 is 0 Å². The van der Waals surface area contributed by atoms with Gasteiger partial charge in [0.25, 0.3) is 0 Å². The van der Waals surface area contributed by atoms with E-state index in [1.54, 1.807) is 0 Å². The molecular weight excluding hydrogens is 228 g/mol. The van der Waals surface area contributed by atoms with Gasteiger partial charge in [0.1, 0.15) is 17.9 Å². The molecule has 0 saturated carbocycles. The molecule has 18 heavy (non-hydrogen) atoms. The molecule has 0 aliphatic rings. The van der Waals surface area contributed by atoms with Crippen molar-refractivity contribution in [3.8, 4) is 5.75 Å². The summed E-state index contributed by atoms with van der Waals surface area (Å²) in [5.74, 6) is 0.823. The molecule has 0 saturated heterocycles. The molecule has 4 nitrogen and oxygen atoms in total. The van der Waals surface area contributed by atoms with E-state index in [2.05, 4.69) is 18.1 Å². The van der Waals surface area contributed by atoms with Crippen LogP contribution in [0.25, 0.3) is 10.9 Å². The largest absolute Gasteiger partial charge is 0.489 e. The molecule has 0 amide bonds. The molecule has 1 heterocycles. The van der Waals surface area contributed by atoms with Gasteiger partial charge in [0, 0.05) is 18.6 Å². The number of fused-ring (bicyclic) bond motifs is 1. The Hall–Kier alpha value is -1.55. The van der Waals surface area contributed by atoms with Gasteiger partial charge in [0.15, 0.2) is 0 Å². The van der Waals surface area contributed by atoms with Gasteiger partial charge in [0.2, 0.25) is 0 Å². The summed E-state index contributed by atoms with van der Waals surface area (Å²) < 4.78 is 13.0. The minimum absolute atomic E-state index is 0.237. The maximum atomic E-state index is 5.74. The average molecular weight is 248 g/mol. The normalized spacial score (nSPS) is 11.4. The molecular formula is C14H20N2O2. The third-order valence-corrected chi connectivity index (χ3v) is 2.76. The Bertz CT molecular complexity index is 532. The predicted molar refractivity (Wildman–Crippen MR) is 72.0 cm³/mol. The second-order valence-corrected chi connectivity index (χ2v) is 4.71. The summed E-state index contributed by atoms with van der Waals surface area (Å²) >= 11 is 0. The molecule has 2 rings (SSSR count). The topological polar surface area (TPSA) is 36.3 Å². The van der Waals surface area contributed by atoms with Crippen LogP contribution in [0.1, 0.15) is 19.4 Å². The van der Waals surface area contributed by atoms with Crippen LogP contribution in [0.5, 0.6) is 5.75 Å². The summed E-state index contributed by atoms with van der Waals surface area (Å²) in [4.78, 5) is 0. The first-order chi connectivity index (χ1) is 8.58. The zero-order valence-electron chi connectivity index (χ0n) is 11.4. The Labute approximate surface area is 108 Å². The van der Waals surface area contributed by atoms with Crippen molar-refractivity contribution in [1.82, 2.24) is 9.78 Å². The van der Waals surface area contributed by atoms with E-state index in [1.807, 2.05) is 37.8 Å². The highest BCUT2D eigenvalue weighted by atomic mass is 16.5. The Kier molecular flexibility index (Phi) is 3.87. The smallest absolute Gasteiger partial charge is 0.147 e. The molecule has 0 fully saturated rings. The highest BCUT2D eigenvalue weighted by Gasteiger charge is 2.08. The van der Waals surface area contributed by atoms with Crippen molar-refractivity contribution < 1.29 is 9.47 Å². The Morgan fingerprint density at radius 2 is 2.06 bits per heavy atom. The van der Waals surface area contributed by atoms with E-state index in [0.717, 1.165) is 16.7 Å². The minimum atomic E-state index is 0.237. The molecule has 0 radical (unpaired) electrons. The van der Waals surface area contributed by atoms with Crippen LogP contribution in [-0.2, 0) is 11.8 Å². The summed E-state index contributed by atoms with van der Waals surface area (Å²) in [6.45, 7) is 7.26. The van der Waals surface area contributed by atoms with Gasteiger partial charge in [-0.1, -0.05) is 6.07 Å². The first-order valence-corrected chi connectivity index (χ1v) is 6.25. The molecule has 0 unspecified atom stereocenters. The number of benzene rings is 1. The van der Waals surface area contributed by atoms with Crippen LogP contribution >= 0.6 is 0 Å². The number of hydrogen-bond donors (Lipinski definition) is 0.